The number of rotatable bonds is 5. The van der Waals surface area contributed by atoms with Gasteiger partial charge in [0.1, 0.15) is 5.82 Å². The third-order valence-corrected chi connectivity index (χ3v) is 3.21. The molecule has 0 bridgehead atoms. The van der Waals surface area contributed by atoms with Crippen LogP contribution in [0.15, 0.2) is 46.9 Å². The second-order valence-corrected chi connectivity index (χ2v) is 5.15. The molecule has 2 aromatic rings. The molecule has 0 spiro atoms. The van der Waals surface area contributed by atoms with Crippen molar-refractivity contribution in [3.63, 3.8) is 0 Å². The Hall–Kier alpha value is -1.72. The number of carbonyl (C=O) groups is 1. The molecule has 0 radical (unpaired) electrons. The Morgan fingerprint density at radius 1 is 1.20 bits per heavy atom. The molecule has 0 atom stereocenters. The number of ether oxygens (including phenoxy) is 1. The molecule has 1 N–H and O–H groups in total. The molecule has 0 amide bonds. The Balaban J connectivity index is 1.96. The predicted octanol–water partition coefficient (Wildman–Crippen LogP) is 4.00. The van der Waals surface area contributed by atoms with Crippen LogP contribution in [0.1, 0.15) is 21.5 Å². The zero-order chi connectivity index (χ0) is 14.5. The Bertz CT molecular complexity index is 628. The summed E-state index contributed by atoms with van der Waals surface area (Å²) in [5.41, 5.74) is 1.24. The van der Waals surface area contributed by atoms with Gasteiger partial charge in [-0.15, -0.1) is 0 Å². The molecule has 0 fully saturated rings. The quantitative estimate of drug-likeness (QED) is 0.896. The number of aromatic carboxylic acids is 1. The van der Waals surface area contributed by atoms with Crippen LogP contribution in [0.5, 0.6) is 0 Å². The minimum absolute atomic E-state index is 0.0711. The maximum absolute atomic E-state index is 13.6. The number of carboxylic acids is 1. The summed E-state index contributed by atoms with van der Waals surface area (Å²) in [6.07, 6.45) is 0. The largest absolute Gasteiger partial charge is 0.478 e. The first-order chi connectivity index (χ1) is 9.56. The molecule has 0 heterocycles. The lowest BCUT2D eigenvalue weighted by Crippen LogP contribution is -2.01. The topological polar surface area (TPSA) is 46.5 Å². The molecular weight excluding hydrogens is 327 g/mol. The zero-order valence-corrected chi connectivity index (χ0v) is 12.1. The molecule has 2 rings (SSSR count). The lowest BCUT2D eigenvalue weighted by molar-refractivity contribution is 0.0695. The van der Waals surface area contributed by atoms with Crippen LogP contribution in [0.4, 0.5) is 4.39 Å². The Morgan fingerprint density at radius 3 is 2.65 bits per heavy atom. The molecule has 0 aliphatic rings. The van der Waals surface area contributed by atoms with Crippen LogP contribution in [-0.4, -0.2) is 11.1 Å². The van der Waals surface area contributed by atoms with E-state index in [9.17, 15) is 9.18 Å². The highest BCUT2D eigenvalue weighted by Crippen LogP contribution is 2.15. The standard InChI is InChI=1S/C15H12BrFO3/c16-13-3-1-2-10(6-13)8-20-9-12-5-4-11(15(18)19)7-14(12)17/h1-7H,8-9H2,(H,18,19). The summed E-state index contributed by atoms with van der Waals surface area (Å²) in [7, 11) is 0. The van der Waals surface area contributed by atoms with Gasteiger partial charge in [-0.3, -0.25) is 0 Å². The van der Waals surface area contributed by atoms with Crippen LogP contribution < -0.4 is 0 Å². The Morgan fingerprint density at radius 2 is 2.00 bits per heavy atom. The Kier molecular flexibility index (Phi) is 4.87. The normalized spacial score (nSPS) is 10.5. The number of carboxylic acid groups (broad SMARTS) is 1. The van der Waals surface area contributed by atoms with Gasteiger partial charge in [-0.05, 0) is 29.8 Å². The van der Waals surface area contributed by atoms with Gasteiger partial charge in [0.05, 0.1) is 18.8 Å². The van der Waals surface area contributed by atoms with Gasteiger partial charge in [-0.2, -0.15) is 0 Å². The number of halogens is 2. The van der Waals surface area contributed by atoms with E-state index in [1.54, 1.807) is 0 Å². The fraction of sp³-hybridized carbons (Fsp3) is 0.133. The van der Waals surface area contributed by atoms with Gasteiger partial charge in [0.15, 0.2) is 0 Å². The lowest BCUT2D eigenvalue weighted by Gasteiger charge is -2.07. The van der Waals surface area contributed by atoms with E-state index in [0.717, 1.165) is 16.1 Å². The van der Waals surface area contributed by atoms with E-state index in [1.807, 2.05) is 24.3 Å². The molecule has 0 unspecified atom stereocenters. The van der Waals surface area contributed by atoms with E-state index >= 15 is 0 Å². The fourth-order valence-electron chi connectivity index (χ4n) is 1.70. The van der Waals surface area contributed by atoms with Crippen molar-refractivity contribution in [1.82, 2.24) is 0 Å². The number of benzene rings is 2. The second-order valence-electron chi connectivity index (χ2n) is 4.23. The second kappa shape index (κ2) is 6.63. The summed E-state index contributed by atoms with van der Waals surface area (Å²) in [6, 6.07) is 11.4. The highest BCUT2D eigenvalue weighted by molar-refractivity contribution is 9.10. The van der Waals surface area contributed by atoms with Crippen LogP contribution >= 0.6 is 15.9 Å². The third-order valence-electron chi connectivity index (χ3n) is 2.72. The van der Waals surface area contributed by atoms with Gasteiger partial charge < -0.3 is 9.84 Å². The molecule has 2 aromatic carbocycles. The molecule has 5 heteroatoms. The van der Waals surface area contributed by atoms with Crippen molar-refractivity contribution in [2.45, 2.75) is 13.2 Å². The summed E-state index contributed by atoms with van der Waals surface area (Å²) in [5, 5.41) is 8.75. The molecule has 0 aromatic heterocycles. The zero-order valence-electron chi connectivity index (χ0n) is 10.5. The van der Waals surface area contributed by atoms with Crippen molar-refractivity contribution >= 4 is 21.9 Å². The summed E-state index contributed by atoms with van der Waals surface area (Å²) >= 11 is 3.36. The van der Waals surface area contributed by atoms with Gasteiger partial charge in [0.25, 0.3) is 0 Å². The summed E-state index contributed by atoms with van der Waals surface area (Å²) in [4.78, 5) is 10.7. The molecule has 3 nitrogen and oxygen atoms in total. The smallest absolute Gasteiger partial charge is 0.335 e. The minimum Gasteiger partial charge on any atom is -0.478 e. The first-order valence-corrected chi connectivity index (χ1v) is 6.69. The number of hydrogen-bond donors (Lipinski definition) is 1. The molecule has 0 saturated heterocycles. The van der Waals surface area contributed by atoms with Crippen LogP contribution in [0, 0.1) is 5.82 Å². The first-order valence-electron chi connectivity index (χ1n) is 5.90. The van der Waals surface area contributed by atoms with Crippen molar-refractivity contribution in [2.75, 3.05) is 0 Å². The molecule has 0 aliphatic carbocycles. The highest BCUT2D eigenvalue weighted by Gasteiger charge is 2.08. The summed E-state index contributed by atoms with van der Waals surface area (Å²) in [6.45, 7) is 0.456. The van der Waals surface area contributed by atoms with Crippen molar-refractivity contribution < 1.29 is 19.0 Å². The van der Waals surface area contributed by atoms with E-state index in [0.29, 0.717) is 12.2 Å². The maximum atomic E-state index is 13.6. The Labute approximate surface area is 124 Å². The molecular formula is C15H12BrFO3. The summed E-state index contributed by atoms with van der Waals surface area (Å²) < 4.78 is 20.0. The van der Waals surface area contributed by atoms with E-state index in [1.165, 1.54) is 12.1 Å². The van der Waals surface area contributed by atoms with Crippen LogP contribution in [0.2, 0.25) is 0 Å². The van der Waals surface area contributed by atoms with Gasteiger partial charge in [-0.1, -0.05) is 34.1 Å². The fourth-order valence-corrected chi connectivity index (χ4v) is 2.15. The van der Waals surface area contributed by atoms with Gasteiger partial charge >= 0.3 is 5.97 Å². The maximum Gasteiger partial charge on any atom is 0.335 e. The first kappa shape index (κ1) is 14.7. The van der Waals surface area contributed by atoms with E-state index in [4.69, 9.17) is 9.84 Å². The van der Waals surface area contributed by atoms with Crippen LogP contribution in [-0.2, 0) is 18.0 Å². The minimum atomic E-state index is -1.15. The molecule has 20 heavy (non-hydrogen) atoms. The van der Waals surface area contributed by atoms with E-state index in [2.05, 4.69) is 15.9 Å². The van der Waals surface area contributed by atoms with Crippen molar-refractivity contribution in [1.29, 1.82) is 0 Å². The van der Waals surface area contributed by atoms with Gasteiger partial charge in [0.2, 0.25) is 0 Å². The lowest BCUT2D eigenvalue weighted by atomic mass is 10.1. The van der Waals surface area contributed by atoms with Crippen molar-refractivity contribution in [3.8, 4) is 0 Å². The average molecular weight is 339 g/mol. The monoisotopic (exact) mass is 338 g/mol. The highest BCUT2D eigenvalue weighted by atomic mass is 79.9. The van der Waals surface area contributed by atoms with Crippen molar-refractivity contribution in [2.24, 2.45) is 0 Å². The SMILES string of the molecule is O=C(O)c1ccc(COCc2cccc(Br)c2)c(F)c1. The van der Waals surface area contributed by atoms with Gasteiger partial charge in [0, 0.05) is 10.0 Å². The van der Waals surface area contributed by atoms with Crippen LogP contribution in [0.3, 0.4) is 0 Å². The van der Waals surface area contributed by atoms with Crippen molar-refractivity contribution in [3.05, 3.63) is 69.4 Å². The molecule has 0 aliphatic heterocycles. The third kappa shape index (κ3) is 3.88. The van der Waals surface area contributed by atoms with Crippen LogP contribution in [0.25, 0.3) is 0 Å². The summed E-state index contributed by atoms with van der Waals surface area (Å²) in [5.74, 6) is -1.72. The van der Waals surface area contributed by atoms with E-state index in [-0.39, 0.29) is 12.2 Å². The predicted molar refractivity (Wildman–Crippen MR) is 76.0 cm³/mol. The van der Waals surface area contributed by atoms with Gasteiger partial charge in [-0.25, -0.2) is 9.18 Å². The average Bonchev–Trinajstić information content (AvgIpc) is 2.40. The number of hydrogen-bond acceptors (Lipinski definition) is 2. The van der Waals surface area contributed by atoms with E-state index < -0.39 is 11.8 Å². The molecule has 104 valence electrons. The molecule has 0 saturated carbocycles.